The fourth-order valence-electron chi connectivity index (χ4n) is 2.06. The first-order valence-electron chi connectivity index (χ1n) is 8.48. The van der Waals surface area contributed by atoms with Gasteiger partial charge in [-0.15, -0.1) is 0 Å². The fourth-order valence-corrected chi connectivity index (χ4v) is 2.06. The number of amides is 2. The van der Waals surface area contributed by atoms with Crippen LogP contribution in [-0.4, -0.2) is 34.1 Å². The predicted molar refractivity (Wildman–Crippen MR) is 107 cm³/mol. The Morgan fingerprint density at radius 1 is 0.733 bits per heavy atom. The molecule has 0 saturated heterocycles. The molecular formula is C18H16N6O6. The van der Waals surface area contributed by atoms with Gasteiger partial charge in [-0.1, -0.05) is 0 Å². The monoisotopic (exact) mass is 412 g/mol. The summed E-state index contributed by atoms with van der Waals surface area (Å²) in [7, 11) is 0. The number of hydrazone groups is 2. The Bertz CT molecular complexity index is 904. The van der Waals surface area contributed by atoms with E-state index in [1.807, 2.05) is 0 Å². The lowest BCUT2D eigenvalue weighted by Gasteiger charge is -2.00. The quantitative estimate of drug-likeness (QED) is 0.362. The molecule has 0 aliphatic heterocycles. The number of hydrogen-bond donors (Lipinski definition) is 2. The molecule has 154 valence electrons. The largest absolute Gasteiger partial charge is 0.273 e. The van der Waals surface area contributed by atoms with Gasteiger partial charge in [0.05, 0.1) is 22.3 Å². The number of nitro groups is 2. The zero-order chi connectivity index (χ0) is 21.9. The van der Waals surface area contributed by atoms with Crippen LogP contribution < -0.4 is 10.9 Å². The number of nitrogens with one attached hydrogen (secondary N) is 2. The number of hydrogen-bond acceptors (Lipinski definition) is 8. The Kier molecular flexibility index (Phi) is 7.82. The second-order valence-electron chi connectivity index (χ2n) is 5.78. The predicted octanol–water partition coefficient (Wildman–Crippen LogP) is 1.88. The third kappa shape index (κ3) is 7.26. The number of non-ortho nitro benzene ring substituents is 2. The molecule has 0 fully saturated rings. The van der Waals surface area contributed by atoms with E-state index in [2.05, 4.69) is 21.1 Å². The Morgan fingerprint density at radius 2 is 1.07 bits per heavy atom. The Labute approximate surface area is 169 Å². The molecule has 2 aromatic rings. The first-order chi connectivity index (χ1) is 14.3. The van der Waals surface area contributed by atoms with Gasteiger partial charge in [0.15, 0.2) is 0 Å². The van der Waals surface area contributed by atoms with E-state index in [1.54, 1.807) is 0 Å². The summed E-state index contributed by atoms with van der Waals surface area (Å²) < 4.78 is 0. The van der Waals surface area contributed by atoms with Crippen molar-refractivity contribution in [2.75, 3.05) is 0 Å². The lowest BCUT2D eigenvalue weighted by Crippen LogP contribution is -2.22. The van der Waals surface area contributed by atoms with Crippen LogP contribution in [0.15, 0.2) is 58.7 Å². The third-order valence-electron chi connectivity index (χ3n) is 3.59. The molecule has 0 unspecified atom stereocenters. The van der Waals surface area contributed by atoms with Gasteiger partial charge in [-0.2, -0.15) is 10.2 Å². The summed E-state index contributed by atoms with van der Waals surface area (Å²) in [5.74, 6) is -0.995. The molecule has 2 amide bonds. The smallest absolute Gasteiger partial charge is 0.269 e. The molecule has 0 atom stereocenters. The van der Waals surface area contributed by atoms with Crippen molar-refractivity contribution >= 4 is 35.6 Å². The van der Waals surface area contributed by atoms with Crippen molar-refractivity contribution in [2.24, 2.45) is 10.2 Å². The van der Waals surface area contributed by atoms with E-state index in [-0.39, 0.29) is 24.2 Å². The van der Waals surface area contributed by atoms with E-state index in [0.717, 1.165) is 0 Å². The molecule has 0 radical (unpaired) electrons. The van der Waals surface area contributed by atoms with Gasteiger partial charge in [-0.3, -0.25) is 29.8 Å². The van der Waals surface area contributed by atoms with Crippen LogP contribution in [0, 0.1) is 20.2 Å². The Morgan fingerprint density at radius 3 is 1.37 bits per heavy atom. The number of nitrogens with zero attached hydrogens (tertiary/aromatic N) is 4. The molecule has 2 rings (SSSR count). The molecule has 0 bridgehead atoms. The summed E-state index contributed by atoms with van der Waals surface area (Å²) in [6.45, 7) is 0. The summed E-state index contributed by atoms with van der Waals surface area (Å²) >= 11 is 0. The second-order valence-corrected chi connectivity index (χ2v) is 5.78. The highest BCUT2D eigenvalue weighted by molar-refractivity contribution is 5.86. The first-order valence-corrected chi connectivity index (χ1v) is 8.48. The lowest BCUT2D eigenvalue weighted by molar-refractivity contribution is -0.385. The normalized spacial score (nSPS) is 10.8. The molecule has 2 aromatic carbocycles. The van der Waals surface area contributed by atoms with Gasteiger partial charge in [0.2, 0.25) is 11.8 Å². The van der Waals surface area contributed by atoms with Gasteiger partial charge >= 0.3 is 0 Å². The maximum Gasteiger partial charge on any atom is 0.269 e. The summed E-state index contributed by atoms with van der Waals surface area (Å²) in [6.07, 6.45) is 2.37. The number of carbonyl (C=O) groups excluding carboxylic acids is 2. The molecule has 12 nitrogen and oxygen atoms in total. The number of carbonyl (C=O) groups is 2. The van der Waals surface area contributed by atoms with Crippen molar-refractivity contribution in [1.29, 1.82) is 0 Å². The highest BCUT2D eigenvalue weighted by atomic mass is 16.6. The minimum Gasteiger partial charge on any atom is -0.273 e. The van der Waals surface area contributed by atoms with Crippen LogP contribution in [-0.2, 0) is 9.59 Å². The van der Waals surface area contributed by atoms with E-state index < -0.39 is 21.7 Å². The van der Waals surface area contributed by atoms with Crippen LogP contribution in [0.5, 0.6) is 0 Å². The van der Waals surface area contributed by atoms with Gasteiger partial charge in [0.1, 0.15) is 0 Å². The molecule has 0 heterocycles. The third-order valence-corrected chi connectivity index (χ3v) is 3.59. The van der Waals surface area contributed by atoms with E-state index in [4.69, 9.17) is 0 Å². The fraction of sp³-hybridized carbons (Fsp3) is 0.111. The maximum absolute atomic E-state index is 11.7. The highest BCUT2D eigenvalue weighted by Crippen LogP contribution is 2.11. The zero-order valence-electron chi connectivity index (χ0n) is 15.4. The van der Waals surface area contributed by atoms with Crippen molar-refractivity contribution in [3.05, 3.63) is 79.9 Å². The minimum atomic E-state index is -0.524. The van der Waals surface area contributed by atoms with Crippen LogP contribution >= 0.6 is 0 Å². The van der Waals surface area contributed by atoms with Gasteiger partial charge in [0.25, 0.3) is 11.4 Å². The molecule has 0 saturated carbocycles. The van der Waals surface area contributed by atoms with Crippen molar-refractivity contribution in [3.8, 4) is 0 Å². The number of benzene rings is 2. The summed E-state index contributed by atoms with van der Waals surface area (Å²) in [6, 6.07) is 11.1. The molecular weight excluding hydrogens is 396 g/mol. The van der Waals surface area contributed by atoms with Crippen molar-refractivity contribution < 1.29 is 19.4 Å². The SMILES string of the molecule is O=C(CCC(=O)N/N=C/c1ccc([N+](=O)[O-])cc1)N/N=C\c1ccc([N+](=O)[O-])cc1. The van der Waals surface area contributed by atoms with Gasteiger partial charge < -0.3 is 0 Å². The van der Waals surface area contributed by atoms with Crippen molar-refractivity contribution in [1.82, 2.24) is 10.9 Å². The van der Waals surface area contributed by atoms with Gasteiger partial charge in [0, 0.05) is 37.1 Å². The first kappa shape index (κ1) is 21.8. The van der Waals surface area contributed by atoms with Gasteiger partial charge in [-0.25, -0.2) is 10.9 Å². The molecule has 0 spiro atoms. The average Bonchev–Trinajstić information content (AvgIpc) is 2.73. The van der Waals surface area contributed by atoms with Crippen LogP contribution in [0.25, 0.3) is 0 Å². The van der Waals surface area contributed by atoms with Crippen molar-refractivity contribution in [3.63, 3.8) is 0 Å². The molecule has 30 heavy (non-hydrogen) atoms. The van der Waals surface area contributed by atoms with E-state index >= 15 is 0 Å². The van der Waals surface area contributed by atoms with E-state index in [9.17, 15) is 29.8 Å². The lowest BCUT2D eigenvalue weighted by atomic mass is 10.2. The van der Waals surface area contributed by atoms with Crippen LogP contribution in [0.4, 0.5) is 11.4 Å². The van der Waals surface area contributed by atoms with E-state index in [0.29, 0.717) is 11.1 Å². The Hall–Kier alpha value is -4.48. The van der Waals surface area contributed by atoms with Crippen molar-refractivity contribution in [2.45, 2.75) is 12.8 Å². The zero-order valence-corrected chi connectivity index (χ0v) is 15.4. The summed E-state index contributed by atoms with van der Waals surface area (Å²) in [5, 5.41) is 28.6. The maximum atomic E-state index is 11.7. The number of rotatable bonds is 9. The van der Waals surface area contributed by atoms with E-state index in [1.165, 1.54) is 61.0 Å². The van der Waals surface area contributed by atoms with Gasteiger partial charge in [-0.05, 0) is 35.4 Å². The summed E-state index contributed by atoms with van der Waals surface area (Å²) in [4.78, 5) is 43.4. The topological polar surface area (TPSA) is 169 Å². The van der Waals surface area contributed by atoms with Crippen LogP contribution in [0.2, 0.25) is 0 Å². The standard InChI is InChI=1S/C18H16N6O6/c25-17(21-19-11-13-1-5-15(6-2-13)23(27)28)9-10-18(26)22-20-12-14-3-7-16(8-4-14)24(29)30/h1-8,11-12H,9-10H2,(H,21,25)(H,22,26)/b19-11-,20-12+. The minimum absolute atomic E-state index is 0.0570. The summed E-state index contributed by atoms with van der Waals surface area (Å²) in [5.41, 5.74) is 5.48. The molecule has 2 N–H and O–H groups in total. The average molecular weight is 412 g/mol. The van der Waals surface area contributed by atoms with Crippen LogP contribution in [0.1, 0.15) is 24.0 Å². The molecule has 0 aromatic heterocycles. The Balaban J connectivity index is 1.70. The molecule has 0 aliphatic rings. The number of nitro benzene ring substituents is 2. The highest BCUT2D eigenvalue weighted by Gasteiger charge is 2.06. The molecule has 12 heteroatoms. The van der Waals surface area contributed by atoms with Crippen LogP contribution in [0.3, 0.4) is 0 Å². The molecule has 0 aliphatic carbocycles. The second kappa shape index (κ2) is 10.8.